The van der Waals surface area contributed by atoms with Crippen molar-refractivity contribution in [3.05, 3.63) is 46.2 Å². The van der Waals surface area contributed by atoms with Crippen LogP contribution in [0.1, 0.15) is 16.2 Å². The van der Waals surface area contributed by atoms with Gasteiger partial charge in [0, 0.05) is 31.6 Å². The number of carbonyl (C=O) groups excluding carboxylic acids is 1. The number of nitrogens with zero attached hydrogens (tertiary/aromatic N) is 2. The summed E-state index contributed by atoms with van der Waals surface area (Å²) in [4.78, 5) is 22.6. The molecule has 18 heavy (non-hydrogen) atoms. The molecule has 2 aromatic heterocycles. The molecule has 7 heteroatoms. The predicted octanol–water partition coefficient (Wildman–Crippen LogP) is 2.08. The van der Waals surface area contributed by atoms with Gasteiger partial charge in [-0.3, -0.25) is 4.79 Å². The van der Waals surface area contributed by atoms with Crippen molar-refractivity contribution in [1.82, 2.24) is 20.3 Å². The molecule has 1 amide bonds. The normalized spacial score (nSPS) is 10.3. The Hall–Kier alpha value is -1.59. The van der Waals surface area contributed by atoms with E-state index in [0.29, 0.717) is 18.5 Å². The molecule has 2 N–H and O–H groups in total. The summed E-state index contributed by atoms with van der Waals surface area (Å²) in [5.41, 5.74) is 0.316. The molecule has 94 valence electrons. The van der Waals surface area contributed by atoms with Crippen molar-refractivity contribution in [3.8, 4) is 0 Å². The highest BCUT2D eigenvalue weighted by atomic mass is 35.5. The van der Waals surface area contributed by atoms with Gasteiger partial charge in [-0.1, -0.05) is 23.2 Å². The smallest absolute Gasteiger partial charge is 0.252 e. The molecule has 0 aliphatic rings. The SMILES string of the molecule is O=C(NCCc1ncc[nH]1)c1cc(Cl)ncc1Cl. The quantitative estimate of drug-likeness (QED) is 0.845. The van der Waals surface area contributed by atoms with Gasteiger partial charge in [-0.25, -0.2) is 9.97 Å². The Morgan fingerprint density at radius 2 is 2.22 bits per heavy atom. The molecule has 0 fully saturated rings. The number of hydrogen-bond acceptors (Lipinski definition) is 3. The minimum atomic E-state index is -0.282. The van der Waals surface area contributed by atoms with Crippen LogP contribution in [0.3, 0.4) is 0 Å². The van der Waals surface area contributed by atoms with E-state index in [1.807, 2.05) is 0 Å². The molecule has 0 aliphatic heterocycles. The van der Waals surface area contributed by atoms with Gasteiger partial charge in [0.05, 0.1) is 10.6 Å². The number of pyridine rings is 1. The minimum Gasteiger partial charge on any atom is -0.352 e. The number of aromatic nitrogens is 3. The van der Waals surface area contributed by atoms with Crippen molar-refractivity contribution >= 4 is 29.1 Å². The molecule has 0 aliphatic carbocycles. The highest BCUT2D eigenvalue weighted by molar-refractivity contribution is 6.35. The minimum absolute atomic E-state index is 0.232. The Balaban J connectivity index is 1.93. The second-order valence-electron chi connectivity index (χ2n) is 3.53. The topological polar surface area (TPSA) is 70.7 Å². The molecule has 5 nitrogen and oxygen atoms in total. The van der Waals surface area contributed by atoms with Crippen molar-refractivity contribution in [3.63, 3.8) is 0 Å². The average molecular weight is 285 g/mol. The van der Waals surface area contributed by atoms with Gasteiger partial charge in [-0.15, -0.1) is 0 Å². The Labute approximate surface area is 114 Å². The van der Waals surface area contributed by atoms with E-state index in [4.69, 9.17) is 23.2 Å². The molecule has 0 saturated carbocycles. The first kappa shape index (κ1) is 12.9. The van der Waals surface area contributed by atoms with E-state index in [9.17, 15) is 4.79 Å². The van der Waals surface area contributed by atoms with E-state index in [2.05, 4.69) is 20.3 Å². The molecule has 0 saturated heterocycles. The first-order valence-electron chi connectivity index (χ1n) is 5.24. The first-order valence-corrected chi connectivity index (χ1v) is 6.00. The van der Waals surface area contributed by atoms with Crippen molar-refractivity contribution < 1.29 is 4.79 Å². The number of carbonyl (C=O) groups is 1. The fourth-order valence-corrected chi connectivity index (χ4v) is 1.76. The van der Waals surface area contributed by atoms with E-state index < -0.39 is 0 Å². The van der Waals surface area contributed by atoms with Crippen LogP contribution in [-0.2, 0) is 6.42 Å². The third-order valence-corrected chi connectivity index (χ3v) is 2.78. The van der Waals surface area contributed by atoms with E-state index in [-0.39, 0.29) is 16.1 Å². The van der Waals surface area contributed by atoms with Crippen LogP contribution in [0, 0.1) is 0 Å². The Morgan fingerprint density at radius 1 is 1.39 bits per heavy atom. The molecule has 0 radical (unpaired) electrons. The lowest BCUT2D eigenvalue weighted by atomic mass is 10.2. The monoisotopic (exact) mass is 284 g/mol. The van der Waals surface area contributed by atoms with E-state index in [1.54, 1.807) is 12.4 Å². The van der Waals surface area contributed by atoms with Gasteiger partial charge in [0.2, 0.25) is 0 Å². The maximum atomic E-state index is 11.8. The molecule has 0 atom stereocenters. The third kappa shape index (κ3) is 3.21. The summed E-state index contributed by atoms with van der Waals surface area (Å²) in [7, 11) is 0. The number of nitrogens with one attached hydrogen (secondary N) is 2. The third-order valence-electron chi connectivity index (χ3n) is 2.27. The summed E-state index contributed by atoms with van der Waals surface area (Å²) in [5, 5.41) is 3.24. The Morgan fingerprint density at radius 3 is 2.94 bits per heavy atom. The van der Waals surface area contributed by atoms with Gasteiger partial charge in [0.1, 0.15) is 11.0 Å². The number of imidazole rings is 1. The lowest BCUT2D eigenvalue weighted by Gasteiger charge is -2.05. The standard InChI is InChI=1S/C11H10Cl2N4O/c12-8-6-17-9(13)5-7(8)11(18)16-2-1-10-14-3-4-15-10/h3-6H,1-2H2,(H,14,15)(H,16,18). The summed E-state index contributed by atoms with van der Waals surface area (Å²) in [6.07, 6.45) is 5.37. The predicted molar refractivity (Wildman–Crippen MR) is 68.9 cm³/mol. The molecule has 2 aromatic rings. The molecule has 0 bridgehead atoms. The first-order chi connectivity index (χ1) is 8.66. The summed E-state index contributed by atoms with van der Waals surface area (Å²) in [6.45, 7) is 0.461. The van der Waals surface area contributed by atoms with Gasteiger partial charge in [-0.2, -0.15) is 0 Å². The van der Waals surface area contributed by atoms with Crippen LogP contribution in [0.15, 0.2) is 24.7 Å². The Kier molecular flexibility index (Phi) is 4.17. The van der Waals surface area contributed by atoms with Gasteiger partial charge in [0.25, 0.3) is 5.91 Å². The molecule has 0 aromatic carbocycles. The highest BCUT2D eigenvalue weighted by Crippen LogP contribution is 2.17. The molecular formula is C11H10Cl2N4O. The number of H-pyrrole nitrogens is 1. The van der Waals surface area contributed by atoms with Crippen molar-refractivity contribution in [2.45, 2.75) is 6.42 Å². The number of halogens is 2. The fourth-order valence-electron chi connectivity index (χ4n) is 1.41. The number of aromatic amines is 1. The lowest BCUT2D eigenvalue weighted by molar-refractivity contribution is 0.0954. The zero-order chi connectivity index (χ0) is 13.0. The number of rotatable bonds is 4. The van der Waals surface area contributed by atoms with Gasteiger partial charge in [-0.05, 0) is 6.07 Å². The lowest BCUT2D eigenvalue weighted by Crippen LogP contribution is -2.26. The molecule has 2 heterocycles. The molecule has 2 rings (SSSR count). The van der Waals surface area contributed by atoms with Crippen LogP contribution in [0.2, 0.25) is 10.2 Å². The van der Waals surface area contributed by atoms with E-state index >= 15 is 0 Å². The Bertz CT molecular complexity index is 542. The second-order valence-corrected chi connectivity index (χ2v) is 4.32. The highest BCUT2D eigenvalue weighted by Gasteiger charge is 2.11. The van der Waals surface area contributed by atoms with E-state index in [0.717, 1.165) is 5.82 Å². The van der Waals surface area contributed by atoms with Crippen LogP contribution < -0.4 is 5.32 Å². The molecule has 0 unspecified atom stereocenters. The van der Waals surface area contributed by atoms with Crippen molar-refractivity contribution in [1.29, 1.82) is 0 Å². The van der Waals surface area contributed by atoms with E-state index in [1.165, 1.54) is 12.3 Å². The van der Waals surface area contributed by atoms with Crippen LogP contribution in [-0.4, -0.2) is 27.4 Å². The maximum Gasteiger partial charge on any atom is 0.252 e. The maximum absolute atomic E-state index is 11.8. The average Bonchev–Trinajstić information content (AvgIpc) is 2.85. The summed E-state index contributed by atoms with van der Waals surface area (Å²) >= 11 is 11.6. The van der Waals surface area contributed by atoms with Crippen LogP contribution in [0.4, 0.5) is 0 Å². The van der Waals surface area contributed by atoms with Crippen molar-refractivity contribution in [2.75, 3.05) is 6.54 Å². The van der Waals surface area contributed by atoms with Crippen LogP contribution in [0.25, 0.3) is 0 Å². The van der Waals surface area contributed by atoms with Crippen LogP contribution >= 0.6 is 23.2 Å². The molecular weight excluding hydrogens is 275 g/mol. The van der Waals surface area contributed by atoms with Crippen LogP contribution in [0.5, 0.6) is 0 Å². The fraction of sp³-hybridized carbons (Fsp3) is 0.182. The summed E-state index contributed by atoms with van der Waals surface area (Å²) < 4.78 is 0. The zero-order valence-corrected chi connectivity index (χ0v) is 10.8. The number of amides is 1. The summed E-state index contributed by atoms with van der Waals surface area (Å²) in [6, 6.07) is 1.44. The van der Waals surface area contributed by atoms with Gasteiger partial charge < -0.3 is 10.3 Å². The largest absolute Gasteiger partial charge is 0.352 e. The second kappa shape index (κ2) is 5.84. The van der Waals surface area contributed by atoms with Gasteiger partial charge >= 0.3 is 0 Å². The molecule has 0 spiro atoms. The van der Waals surface area contributed by atoms with Gasteiger partial charge in [0.15, 0.2) is 0 Å². The summed E-state index contributed by atoms with van der Waals surface area (Å²) in [5.74, 6) is 0.532. The van der Waals surface area contributed by atoms with Crippen molar-refractivity contribution in [2.24, 2.45) is 0 Å². The number of hydrogen-bond donors (Lipinski definition) is 2. The zero-order valence-electron chi connectivity index (χ0n) is 9.28.